The van der Waals surface area contributed by atoms with E-state index < -0.39 is 18.3 Å². The number of hydrogen-bond donors (Lipinski definition) is 0. The number of anilines is 1. The van der Waals surface area contributed by atoms with Crippen molar-refractivity contribution in [3.05, 3.63) is 60.3 Å². The Hall–Kier alpha value is -4.05. The van der Waals surface area contributed by atoms with E-state index in [9.17, 15) is 5.26 Å². The van der Waals surface area contributed by atoms with Gasteiger partial charge < -0.3 is 18.9 Å². The van der Waals surface area contributed by atoms with E-state index in [1.54, 1.807) is 24.0 Å². The van der Waals surface area contributed by atoms with Crippen molar-refractivity contribution in [1.82, 2.24) is 29.5 Å². The molecule has 4 aromatic rings. The van der Waals surface area contributed by atoms with Crippen LogP contribution in [-0.2, 0) is 15.9 Å². The molecule has 4 aromatic heterocycles. The highest BCUT2D eigenvalue weighted by Crippen LogP contribution is 2.38. The van der Waals surface area contributed by atoms with Crippen molar-refractivity contribution in [2.45, 2.75) is 63.9 Å². The molecule has 0 aromatic carbocycles. The van der Waals surface area contributed by atoms with Gasteiger partial charge in [0.25, 0.3) is 0 Å². The summed E-state index contributed by atoms with van der Waals surface area (Å²) >= 11 is 0. The van der Waals surface area contributed by atoms with Crippen molar-refractivity contribution >= 4 is 23.9 Å². The Morgan fingerprint density at radius 3 is 2.40 bits per heavy atom. The first kappa shape index (κ1) is 26.8. The predicted octanol–water partition coefficient (Wildman–Crippen LogP) is 2.83. The number of piperidine rings is 1. The summed E-state index contributed by atoms with van der Waals surface area (Å²) in [7, 11) is 1.06. The largest absolute Gasteiger partial charge is 0.496 e. The number of pyridine rings is 2. The number of rotatable bonds is 6. The molecule has 0 N–H and O–H groups in total. The molecule has 8 heterocycles. The van der Waals surface area contributed by atoms with E-state index in [1.165, 1.54) is 12.0 Å². The predicted molar refractivity (Wildman–Crippen MR) is 157 cm³/mol. The van der Waals surface area contributed by atoms with E-state index >= 15 is 0 Å². The molecule has 0 aliphatic carbocycles. The summed E-state index contributed by atoms with van der Waals surface area (Å²) in [5.74, 6) is 1.49. The van der Waals surface area contributed by atoms with Crippen LogP contribution in [0.5, 0.6) is 5.88 Å². The van der Waals surface area contributed by atoms with Gasteiger partial charge in [0.1, 0.15) is 11.9 Å². The van der Waals surface area contributed by atoms with E-state index in [4.69, 9.17) is 24.0 Å². The maximum atomic E-state index is 9.79. The van der Waals surface area contributed by atoms with Gasteiger partial charge in [-0.3, -0.25) is 9.88 Å². The van der Waals surface area contributed by atoms with Crippen LogP contribution in [-0.4, -0.2) is 80.1 Å². The smallest absolute Gasteiger partial charge is 0.481 e. The molecule has 4 saturated heterocycles. The van der Waals surface area contributed by atoms with Crippen LogP contribution in [0.25, 0.3) is 16.8 Å². The average molecular weight is 564 g/mol. The lowest BCUT2D eigenvalue weighted by Crippen LogP contribution is -2.68. The Kier molecular flexibility index (Phi) is 6.24. The zero-order valence-corrected chi connectivity index (χ0v) is 24.5. The fourth-order valence-electron chi connectivity index (χ4n) is 6.12. The summed E-state index contributed by atoms with van der Waals surface area (Å²) in [5, 5.41) is 14.2. The lowest BCUT2D eigenvalue weighted by atomic mass is 9.79. The van der Waals surface area contributed by atoms with Crippen LogP contribution in [0.15, 0.2) is 49.2 Å². The highest BCUT2D eigenvalue weighted by atomic mass is 16.7. The molecule has 2 unspecified atom stereocenters. The van der Waals surface area contributed by atoms with Crippen LogP contribution in [0.4, 0.5) is 5.82 Å². The summed E-state index contributed by atoms with van der Waals surface area (Å²) in [6, 6.07) is 9.16. The molecule has 11 nitrogen and oxygen atoms in total. The van der Waals surface area contributed by atoms with Gasteiger partial charge in [0.2, 0.25) is 5.88 Å². The second kappa shape index (κ2) is 9.76. The van der Waals surface area contributed by atoms with Crippen LogP contribution in [0.3, 0.4) is 0 Å². The number of piperazine rings is 1. The fourth-order valence-corrected chi connectivity index (χ4v) is 6.12. The van der Waals surface area contributed by atoms with Gasteiger partial charge in [0.15, 0.2) is 0 Å². The molecule has 0 amide bonds. The molecule has 8 rings (SSSR count). The van der Waals surface area contributed by atoms with Crippen molar-refractivity contribution < 1.29 is 14.0 Å². The fraction of sp³-hybridized carbons (Fsp3) is 0.433. The first-order chi connectivity index (χ1) is 20.2. The topological polar surface area (TPSA) is 114 Å². The van der Waals surface area contributed by atoms with Crippen LogP contribution in [0.1, 0.15) is 45.2 Å². The minimum atomic E-state index is -0.572. The molecular formula is C30H33BN8O3. The zero-order valence-electron chi connectivity index (χ0n) is 24.5. The Morgan fingerprint density at radius 1 is 1.02 bits per heavy atom. The van der Waals surface area contributed by atoms with Crippen LogP contribution in [0.2, 0.25) is 0 Å². The lowest BCUT2D eigenvalue weighted by molar-refractivity contribution is -0.00879. The first-order valence-corrected chi connectivity index (χ1v) is 14.2. The molecular weight excluding hydrogens is 531 g/mol. The van der Waals surface area contributed by atoms with Gasteiger partial charge >= 0.3 is 7.12 Å². The van der Waals surface area contributed by atoms with Crippen molar-refractivity contribution in [2.24, 2.45) is 0 Å². The number of fused-ring (bicyclic) bond motifs is 3. The SMILES string of the molecule is COc1ccc(CN2C3CC2CN(c2cnc(-c4cc(B5OC(C)(C)C(C)(C)O5)cn5ncc(C#N)c45)cn2)C3)cn1. The van der Waals surface area contributed by atoms with Gasteiger partial charge in [0.05, 0.1) is 53.7 Å². The minimum Gasteiger partial charge on any atom is -0.481 e. The third kappa shape index (κ3) is 4.40. The van der Waals surface area contributed by atoms with Crippen LogP contribution >= 0.6 is 0 Å². The molecule has 0 saturated carbocycles. The molecule has 42 heavy (non-hydrogen) atoms. The van der Waals surface area contributed by atoms with Gasteiger partial charge in [-0.2, -0.15) is 10.4 Å². The number of ether oxygens (including phenoxy) is 1. The van der Waals surface area contributed by atoms with Crippen molar-refractivity contribution in [3.63, 3.8) is 0 Å². The molecule has 4 fully saturated rings. The van der Waals surface area contributed by atoms with Gasteiger partial charge in [-0.25, -0.2) is 14.5 Å². The third-order valence-electron chi connectivity index (χ3n) is 9.23. The summed E-state index contributed by atoms with van der Waals surface area (Å²) < 4.78 is 19.5. The summed E-state index contributed by atoms with van der Waals surface area (Å²) in [4.78, 5) is 18.9. The molecule has 0 spiro atoms. The number of methoxy groups -OCH3 is 1. The van der Waals surface area contributed by atoms with Gasteiger partial charge in [0, 0.05) is 61.2 Å². The number of aromatic nitrogens is 5. The van der Waals surface area contributed by atoms with E-state index in [0.717, 1.165) is 36.5 Å². The average Bonchev–Trinajstić information content (AvgIpc) is 3.51. The number of nitriles is 1. The molecule has 4 aliphatic rings. The van der Waals surface area contributed by atoms with Gasteiger partial charge in [-0.1, -0.05) is 6.07 Å². The molecule has 2 bridgehead atoms. The van der Waals surface area contributed by atoms with Crippen molar-refractivity contribution in [2.75, 3.05) is 25.1 Å². The number of nitrogens with zero attached hydrogens (tertiary/aromatic N) is 8. The molecule has 4 aliphatic heterocycles. The molecule has 0 radical (unpaired) electrons. The Labute approximate surface area is 245 Å². The van der Waals surface area contributed by atoms with Gasteiger partial charge in [-0.05, 0) is 45.7 Å². The molecule has 2 atom stereocenters. The highest BCUT2D eigenvalue weighted by Gasteiger charge is 2.52. The quantitative estimate of drug-likeness (QED) is 0.324. The summed E-state index contributed by atoms with van der Waals surface area (Å²) in [6.45, 7) is 10.8. The standard InChI is InChI=1S/C30H33BN8O3/c1-29(2)30(3,4)42-31(41-29)21-8-24(28-20(10-32)12-36-39(28)16-21)25-13-34-26(14-33-25)37-17-22-9-23(18-37)38(22)15-19-6-7-27(40-5)35-11-19/h6-8,11-14,16,22-23H,9,15,17-18H2,1-5H3. The normalized spacial score (nSPS) is 22.7. The first-order valence-electron chi connectivity index (χ1n) is 14.2. The van der Waals surface area contributed by atoms with E-state index in [1.807, 2.05) is 58.4 Å². The maximum Gasteiger partial charge on any atom is 0.496 e. The third-order valence-corrected chi connectivity index (χ3v) is 9.23. The Bertz CT molecular complexity index is 1650. The van der Waals surface area contributed by atoms with E-state index in [2.05, 4.69) is 32.0 Å². The highest BCUT2D eigenvalue weighted by molar-refractivity contribution is 6.62. The zero-order chi connectivity index (χ0) is 29.2. The Morgan fingerprint density at radius 2 is 1.79 bits per heavy atom. The summed E-state index contributed by atoms with van der Waals surface area (Å²) in [5.41, 5.74) is 3.61. The molecule has 12 heteroatoms. The van der Waals surface area contributed by atoms with Crippen molar-refractivity contribution in [1.29, 1.82) is 5.26 Å². The second-order valence-corrected chi connectivity index (χ2v) is 12.3. The van der Waals surface area contributed by atoms with Gasteiger partial charge in [-0.15, -0.1) is 0 Å². The summed E-state index contributed by atoms with van der Waals surface area (Å²) in [6.07, 6.45) is 10.1. The minimum absolute atomic E-state index is 0.466. The van der Waals surface area contributed by atoms with Crippen LogP contribution < -0.4 is 15.1 Å². The number of hydrogen-bond acceptors (Lipinski definition) is 10. The monoisotopic (exact) mass is 564 g/mol. The van der Waals surface area contributed by atoms with Crippen molar-refractivity contribution in [3.8, 4) is 23.2 Å². The lowest BCUT2D eigenvalue weighted by Gasteiger charge is -2.56. The maximum absolute atomic E-state index is 9.79. The van der Waals surface area contributed by atoms with Crippen LogP contribution in [0, 0.1) is 11.3 Å². The second-order valence-electron chi connectivity index (χ2n) is 12.3. The Balaban J connectivity index is 1.12. The molecule has 214 valence electrons. The van der Waals surface area contributed by atoms with E-state index in [-0.39, 0.29) is 0 Å². The van der Waals surface area contributed by atoms with E-state index in [0.29, 0.717) is 34.7 Å².